The predicted molar refractivity (Wildman–Crippen MR) is 135 cm³/mol. The molecule has 2 atom stereocenters. The monoisotopic (exact) mass is 483 g/mol. The Morgan fingerprint density at radius 1 is 1.09 bits per heavy atom. The van der Waals surface area contributed by atoms with Crippen LogP contribution in [0.1, 0.15) is 82.8 Å². The molecule has 2 aliphatic carbocycles. The molecule has 3 heterocycles. The fourth-order valence-corrected chi connectivity index (χ4v) is 5.69. The van der Waals surface area contributed by atoms with Crippen LogP contribution in [0, 0.1) is 5.41 Å². The van der Waals surface area contributed by atoms with E-state index in [4.69, 9.17) is 19.6 Å². The van der Waals surface area contributed by atoms with Crippen molar-refractivity contribution in [3.05, 3.63) is 23.9 Å². The molecule has 3 fully saturated rings. The summed E-state index contributed by atoms with van der Waals surface area (Å²) in [5.41, 5.74) is 1.26. The number of nitrogens with zero attached hydrogens (tertiary/aromatic N) is 6. The molecule has 9 heteroatoms. The molecule has 9 nitrogen and oxygen atoms in total. The fourth-order valence-electron chi connectivity index (χ4n) is 5.69. The van der Waals surface area contributed by atoms with Crippen molar-refractivity contribution in [2.24, 2.45) is 5.41 Å². The molecule has 3 aliphatic rings. The maximum absolute atomic E-state index is 5.63. The lowest BCUT2D eigenvalue weighted by Crippen LogP contribution is -2.40. The van der Waals surface area contributed by atoms with E-state index in [2.05, 4.69) is 47.3 Å². The number of hydrogen-bond acceptors (Lipinski definition) is 8. The zero-order chi connectivity index (χ0) is 24.6. The number of ether oxygens (including phenoxy) is 2. The number of methoxy groups -OCH3 is 2. The highest BCUT2D eigenvalue weighted by Gasteiger charge is 2.39. The van der Waals surface area contributed by atoms with Crippen molar-refractivity contribution in [2.45, 2.75) is 89.4 Å². The molecule has 0 aromatic carbocycles. The van der Waals surface area contributed by atoms with Gasteiger partial charge in [0.25, 0.3) is 0 Å². The van der Waals surface area contributed by atoms with Crippen LogP contribution in [0.15, 0.2) is 12.3 Å². The topological polar surface area (TPSA) is 90.2 Å². The minimum Gasteiger partial charge on any atom is -0.377 e. The van der Waals surface area contributed by atoms with Gasteiger partial charge in [0.05, 0.1) is 24.1 Å². The Morgan fingerprint density at radius 3 is 2.37 bits per heavy atom. The second-order valence-electron chi connectivity index (χ2n) is 11.4. The standard InChI is InChI=1S/C26H41N7O2/c1-17(2)24-29-25(18-6-7-18)33(31-24)20-12-23(30-27-13-20)28-19-8-10-26(3,11-9-19)16-32-14-21(34-4)22(15-32)35-5/h12-13,17-19,21-22H,6-11,14-16H2,1-5H3,(H,28,30)/t19?,21-,22-,26?/m1/s1. The molecule has 0 bridgehead atoms. The summed E-state index contributed by atoms with van der Waals surface area (Å²) in [4.78, 5) is 7.36. The van der Waals surface area contributed by atoms with Crippen molar-refractivity contribution in [1.29, 1.82) is 0 Å². The quantitative estimate of drug-likeness (QED) is 0.577. The van der Waals surface area contributed by atoms with Crippen molar-refractivity contribution in [1.82, 2.24) is 29.9 Å². The van der Waals surface area contributed by atoms with Gasteiger partial charge < -0.3 is 14.8 Å². The lowest BCUT2D eigenvalue weighted by Gasteiger charge is -2.40. The molecule has 1 N–H and O–H groups in total. The molecule has 0 spiro atoms. The normalized spacial score (nSPS) is 29.7. The molecule has 0 amide bonds. The Balaban J connectivity index is 1.20. The van der Waals surface area contributed by atoms with E-state index in [9.17, 15) is 0 Å². The number of aromatic nitrogens is 5. The summed E-state index contributed by atoms with van der Waals surface area (Å²) in [6, 6.07) is 2.49. The lowest BCUT2D eigenvalue weighted by molar-refractivity contribution is -0.00461. The molecule has 2 aromatic heterocycles. The van der Waals surface area contributed by atoms with Crippen LogP contribution in [0.4, 0.5) is 5.82 Å². The van der Waals surface area contributed by atoms with E-state index in [0.29, 0.717) is 23.3 Å². The number of anilines is 1. The zero-order valence-corrected chi connectivity index (χ0v) is 21.9. The summed E-state index contributed by atoms with van der Waals surface area (Å²) in [6.45, 7) is 9.73. The van der Waals surface area contributed by atoms with Crippen LogP contribution in [0.3, 0.4) is 0 Å². The van der Waals surface area contributed by atoms with Crippen LogP contribution in [0.2, 0.25) is 0 Å². The third kappa shape index (κ3) is 5.52. The molecule has 2 aromatic rings. The Kier molecular flexibility index (Phi) is 7.10. The Bertz CT molecular complexity index is 985. The van der Waals surface area contributed by atoms with Crippen LogP contribution in [0.25, 0.3) is 5.69 Å². The van der Waals surface area contributed by atoms with Crippen LogP contribution >= 0.6 is 0 Å². The highest BCUT2D eigenvalue weighted by Crippen LogP contribution is 2.41. The van der Waals surface area contributed by atoms with E-state index in [1.54, 1.807) is 20.4 Å². The van der Waals surface area contributed by atoms with Crippen molar-refractivity contribution in [3.8, 4) is 5.69 Å². The third-order valence-electron chi connectivity index (χ3n) is 8.04. The highest BCUT2D eigenvalue weighted by atomic mass is 16.5. The summed E-state index contributed by atoms with van der Waals surface area (Å²) in [5, 5.41) is 17.2. The first-order chi connectivity index (χ1) is 16.9. The summed E-state index contributed by atoms with van der Waals surface area (Å²) in [7, 11) is 3.57. The first-order valence-electron chi connectivity index (χ1n) is 13.2. The van der Waals surface area contributed by atoms with Gasteiger partial charge in [-0.2, -0.15) is 10.2 Å². The van der Waals surface area contributed by atoms with E-state index in [1.165, 1.54) is 25.7 Å². The minimum atomic E-state index is 0.175. The molecule has 5 rings (SSSR count). The molecule has 0 radical (unpaired) electrons. The summed E-state index contributed by atoms with van der Waals surface area (Å²) in [5.74, 6) is 3.61. The summed E-state index contributed by atoms with van der Waals surface area (Å²) >= 11 is 0. The Labute approximate surface area is 209 Å². The Hall–Kier alpha value is -2.10. The van der Waals surface area contributed by atoms with Crippen molar-refractivity contribution >= 4 is 5.82 Å². The fraction of sp³-hybridized carbons (Fsp3) is 0.769. The van der Waals surface area contributed by atoms with Gasteiger partial charge in [-0.25, -0.2) is 9.67 Å². The van der Waals surface area contributed by atoms with Crippen LogP contribution < -0.4 is 5.32 Å². The minimum absolute atomic E-state index is 0.175. The second-order valence-corrected chi connectivity index (χ2v) is 11.4. The molecule has 0 unspecified atom stereocenters. The van der Waals surface area contributed by atoms with E-state index < -0.39 is 0 Å². The second kappa shape index (κ2) is 10.1. The molecule has 2 saturated carbocycles. The lowest BCUT2D eigenvalue weighted by atomic mass is 9.73. The van der Waals surface area contributed by atoms with Gasteiger partial charge in [-0.05, 0) is 43.9 Å². The summed E-state index contributed by atoms with van der Waals surface area (Å²) in [6.07, 6.45) is 9.17. The number of nitrogens with one attached hydrogen (secondary N) is 1. The van der Waals surface area contributed by atoms with E-state index in [0.717, 1.165) is 55.6 Å². The molecule has 1 aliphatic heterocycles. The van der Waals surface area contributed by atoms with Crippen molar-refractivity contribution in [2.75, 3.05) is 39.2 Å². The van der Waals surface area contributed by atoms with E-state index >= 15 is 0 Å². The first-order valence-corrected chi connectivity index (χ1v) is 13.2. The highest BCUT2D eigenvalue weighted by molar-refractivity contribution is 5.44. The molecular formula is C26H41N7O2. The van der Waals surface area contributed by atoms with Gasteiger partial charge in [0.1, 0.15) is 5.82 Å². The molecule has 35 heavy (non-hydrogen) atoms. The largest absolute Gasteiger partial charge is 0.377 e. The van der Waals surface area contributed by atoms with Gasteiger partial charge in [0, 0.05) is 57.8 Å². The summed E-state index contributed by atoms with van der Waals surface area (Å²) < 4.78 is 13.2. The van der Waals surface area contributed by atoms with Crippen molar-refractivity contribution < 1.29 is 9.47 Å². The van der Waals surface area contributed by atoms with Crippen LogP contribution in [-0.4, -0.2) is 82.0 Å². The first kappa shape index (κ1) is 24.6. The van der Waals surface area contributed by atoms with Crippen LogP contribution in [0.5, 0.6) is 0 Å². The van der Waals surface area contributed by atoms with E-state index in [1.807, 2.05) is 4.68 Å². The smallest absolute Gasteiger partial charge is 0.153 e. The predicted octanol–water partition coefficient (Wildman–Crippen LogP) is 3.76. The van der Waals surface area contributed by atoms with Gasteiger partial charge in [-0.1, -0.05) is 20.8 Å². The molecular weight excluding hydrogens is 442 g/mol. The Morgan fingerprint density at radius 2 is 1.77 bits per heavy atom. The number of rotatable bonds is 9. The zero-order valence-electron chi connectivity index (χ0n) is 21.9. The molecule has 192 valence electrons. The van der Waals surface area contributed by atoms with Crippen LogP contribution in [-0.2, 0) is 9.47 Å². The molecule has 1 saturated heterocycles. The third-order valence-corrected chi connectivity index (χ3v) is 8.04. The average Bonchev–Trinajstić information content (AvgIpc) is 3.46. The number of likely N-dealkylation sites (tertiary alicyclic amines) is 1. The maximum Gasteiger partial charge on any atom is 0.153 e. The van der Waals surface area contributed by atoms with Gasteiger partial charge in [0.2, 0.25) is 0 Å². The number of hydrogen-bond donors (Lipinski definition) is 1. The average molecular weight is 484 g/mol. The van der Waals surface area contributed by atoms with Gasteiger partial charge in [0.15, 0.2) is 11.6 Å². The van der Waals surface area contributed by atoms with E-state index in [-0.39, 0.29) is 12.2 Å². The van der Waals surface area contributed by atoms with Gasteiger partial charge in [-0.3, -0.25) is 4.90 Å². The van der Waals surface area contributed by atoms with Gasteiger partial charge in [-0.15, -0.1) is 5.10 Å². The van der Waals surface area contributed by atoms with Crippen molar-refractivity contribution in [3.63, 3.8) is 0 Å². The maximum atomic E-state index is 5.63. The SMILES string of the molecule is CO[C@@H]1CN(CC2(C)CCC(Nc3cc(-n4nc(C(C)C)nc4C4CC4)cnn3)CC2)C[C@H]1OC. The van der Waals surface area contributed by atoms with Gasteiger partial charge >= 0.3 is 0 Å².